The Bertz CT molecular complexity index is 1270. The third kappa shape index (κ3) is 3.94. The lowest BCUT2D eigenvalue weighted by molar-refractivity contribution is -0.212. The number of nitrogens with one attached hydrogen (secondary N) is 1. The molecule has 180 valence electrons. The molecule has 7 nitrogen and oxygen atoms in total. The van der Waals surface area contributed by atoms with Gasteiger partial charge in [-0.05, 0) is 43.2 Å². The second-order valence-electron chi connectivity index (χ2n) is 8.13. The van der Waals surface area contributed by atoms with Gasteiger partial charge in [-0.1, -0.05) is 42.1 Å². The number of aromatic carboxylic acids is 1. The van der Waals surface area contributed by atoms with Gasteiger partial charge < -0.3 is 16.2 Å². The molecule has 4 rings (SSSR count). The van der Waals surface area contributed by atoms with Crippen molar-refractivity contribution in [1.29, 1.82) is 0 Å². The minimum atomic E-state index is -4.73. The first-order valence-electron chi connectivity index (χ1n) is 10.3. The fraction of sp³-hybridized carbons (Fsp3) is 0.318. The predicted molar refractivity (Wildman–Crippen MR) is 122 cm³/mol. The molecule has 12 heteroatoms. The van der Waals surface area contributed by atoms with Gasteiger partial charge >= 0.3 is 12.1 Å². The van der Waals surface area contributed by atoms with Crippen LogP contribution in [0.4, 0.5) is 24.8 Å². The van der Waals surface area contributed by atoms with Crippen molar-refractivity contribution in [2.24, 2.45) is 11.7 Å². The van der Waals surface area contributed by atoms with E-state index < -0.39 is 29.5 Å². The van der Waals surface area contributed by atoms with Crippen molar-refractivity contribution in [3.05, 3.63) is 52.0 Å². The Labute approximate surface area is 201 Å². The molecule has 2 unspecified atom stereocenters. The van der Waals surface area contributed by atoms with Gasteiger partial charge in [-0.15, -0.1) is 0 Å². The lowest BCUT2D eigenvalue weighted by Crippen LogP contribution is -2.57. The number of anilines is 2. The van der Waals surface area contributed by atoms with Crippen LogP contribution in [0.5, 0.6) is 0 Å². The van der Waals surface area contributed by atoms with Gasteiger partial charge in [0.15, 0.2) is 0 Å². The molecule has 0 radical (unpaired) electrons. The number of imidazole rings is 1. The highest BCUT2D eigenvalue weighted by Crippen LogP contribution is 2.51. The number of hydrogen-bond donors (Lipinski definition) is 3. The van der Waals surface area contributed by atoms with Crippen LogP contribution in [-0.4, -0.2) is 32.7 Å². The number of carbonyl (C=O) groups is 2. The van der Waals surface area contributed by atoms with Crippen molar-refractivity contribution in [1.82, 2.24) is 9.55 Å². The number of alkyl halides is 3. The Balaban J connectivity index is 2.05. The molecule has 0 spiro atoms. The summed E-state index contributed by atoms with van der Waals surface area (Å²) in [6, 6.07) is 8.40. The Hall–Kier alpha value is -2.98. The summed E-state index contributed by atoms with van der Waals surface area (Å²) < 4.78 is 43.9. The summed E-state index contributed by atoms with van der Waals surface area (Å²) in [4.78, 5) is 28.7. The Morgan fingerprint density at radius 3 is 2.44 bits per heavy atom. The lowest BCUT2D eigenvalue weighted by Gasteiger charge is -2.44. The van der Waals surface area contributed by atoms with Gasteiger partial charge in [0.05, 0.1) is 38.2 Å². The molecular formula is C22H19Cl2F3N4O3. The smallest absolute Gasteiger partial charge is 0.394 e. The summed E-state index contributed by atoms with van der Waals surface area (Å²) in [7, 11) is 0. The van der Waals surface area contributed by atoms with Crippen LogP contribution in [0.25, 0.3) is 11.0 Å². The molecule has 1 aliphatic rings. The van der Waals surface area contributed by atoms with E-state index in [2.05, 4.69) is 10.3 Å². The summed E-state index contributed by atoms with van der Waals surface area (Å²) in [5, 5.41) is 12.6. The molecule has 4 N–H and O–H groups in total. The van der Waals surface area contributed by atoms with Crippen molar-refractivity contribution >= 4 is 57.7 Å². The van der Waals surface area contributed by atoms with Gasteiger partial charge in [-0.25, -0.2) is 9.78 Å². The molecule has 1 aliphatic carbocycles. The van der Waals surface area contributed by atoms with Crippen molar-refractivity contribution in [3.8, 4) is 0 Å². The topological polar surface area (TPSA) is 110 Å². The molecule has 1 heterocycles. The fourth-order valence-corrected chi connectivity index (χ4v) is 5.19. The van der Waals surface area contributed by atoms with E-state index in [1.165, 1.54) is 30.3 Å². The molecule has 0 saturated heterocycles. The maximum absolute atomic E-state index is 14.3. The summed E-state index contributed by atoms with van der Waals surface area (Å²) in [6.07, 6.45) is -4.61. The number of carbonyl (C=O) groups excluding carboxylic acids is 1. The number of fused-ring (bicyclic) bond motifs is 1. The van der Waals surface area contributed by atoms with Gasteiger partial charge in [0, 0.05) is 0 Å². The molecule has 0 aliphatic heterocycles. The molecule has 1 amide bonds. The van der Waals surface area contributed by atoms with Crippen LogP contribution >= 0.6 is 23.2 Å². The van der Waals surface area contributed by atoms with Crippen LogP contribution in [-0.2, 0) is 10.3 Å². The lowest BCUT2D eigenvalue weighted by atomic mass is 9.71. The minimum absolute atomic E-state index is 0.0673. The number of amides is 1. The van der Waals surface area contributed by atoms with Gasteiger partial charge in [-0.3, -0.25) is 9.36 Å². The Morgan fingerprint density at radius 1 is 1.18 bits per heavy atom. The SMILES string of the molecule is NC(=O)C1(n2c(Nc3c(Cl)cccc3Cl)nc3cc(C(=O)O)ccc32)CCCCC1C(F)(F)F. The normalized spacial score (nSPS) is 20.9. The predicted octanol–water partition coefficient (Wildman–Crippen LogP) is 5.72. The van der Waals surface area contributed by atoms with Crippen LogP contribution in [0.1, 0.15) is 36.0 Å². The zero-order valence-corrected chi connectivity index (χ0v) is 19.0. The highest BCUT2D eigenvalue weighted by molar-refractivity contribution is 6.39. The number of halogens is 5. The molecule has 1 saturated carbocycles. The highest BCUT2D eigenvalue weighted by atomic mass is 35.5. The van der Waals surface area contributed by atoms with Crippen LogP contribution in [0.2, 0.25) is 10.0 Å². The average molecular weight is 515 g/mol. The average Bonchev–Trinajstić information content (AvgIpc) is 3.13. The van der Waals surface area contributed by atoms with E-state index in [1.807, 2.05) is 0 Å². The van der Waals surface area contributed by atoms with E-state index in [-0.39, 0.29) is 57.5 Å². The van der Waals surface area contributed by atoms with Crippen molar-refractivity contribution in [2.45, 2.75) is 37.4 Å². The van der Waals surface area contributed by atoms with Crippen LogP contribution in [0.15, 0.2) is 36.4 Å². The van der Waals surface area contributed by atoms with Crippen LogP contribution in [0.3, 0.4) is 0 Å². The largest absolute Gasteiger partial charge is 0.478 e. The molecule has 1 aromatic heterocycles. The van der Waals surface area contributed by atoms with Crippen molar-refractivity contribution in [3.63, 3.8) is 0 Å². The summed E-state index contributed by atoms with van der Waals surface area (Å²) >= 11 is 12.5. The molecule has 34 heavy (non-hydrogen) atoms. The standard InChI is InChI=1S/C22H19Cl2F3N4O3/c23-12-4-3-5-13(24)17(12)30-20-29-14-10-11(18(32)33)7-8-15(14)31(20)21(19(28)34)9-2-1-6-16(21)22(25,26)27/h3-5,7-8,10,16H,1-2,6,9H2,(H2,28,34)(H,29,30)(H,32,33). The number of nitrogens with two attached hydrogens (primary N) is 1. The minimum Gasteiger partial charge on any atom is -0.478 e. The number of carboxylic acid groups (broad SMARTS) is 1. The highest BCUT2D eigenvalue weighted by Gasteiger charge is 2.60. The molecule has 3 aromatic rings. The fourth-order valence-electron chi connectivity index (χ4n) is 4.69. The molecule has 2 aromatic carbocycles. The number of nitrogens with zero attached hydrogens (tertiary/aromatic N) is 2. The van der Waals surface area contributed by atoms with E-state index in [9.17, 15) is 27.9 Å². The Kier molecular flexibility index (Phi) is 6.15. The van der Waals surface area contributed by atoms with Gasteiger partial charge in [-0.2, -0.15) is 13.2 Å². The summed E-state index contributed by atoms with van der Waals surface area (Å²) in [6.45, 7) is 0. The van der Waals surface area contributed by atoms with Crippen LogP contribution < -0.4 is 11.1 Å². The van der Waals surface area contributed by atoms with Gasteiger partial charge in [0.25, 0.3) is 0 Å². The molecule has 2 atom stereocenters. The third-order valence-corrected chi connectivity index (χ3v) is 6.83. The maximum atomic E-state index is 14.3. The number of benzene rings is 2. The van der Waals surface area contributed by atoms with E-state index in [1.54, 1.807) is 6.07 Å². The molecule has 0 bridgehead atoms. The molecular weight excluding hydrogens is 496 g/mol. The number of carboxylic acids is 1. The first-order valence-corrected chi connectivity index (χ1v) is 11.1. The second-order valence-corrected chi connectivity index (χ2v) is 8.94. The van der Waals surface area contributed by atoms with Gasteiger partial charge in [0.2, 0.25) is 11.9 Å². The quantitative estimate of drug-likeness (QED) is 0.403. The van der Waals surface area contributed by atoms with Crippen LogP contribution in [0, 0.1) is 5.92 Å². The van der Waals surface area contributed by atoms with E-state index in [0.717, 1.165) is 4.57 Å². The Morgan fingerprint density at radius 2 is 1.85 bits per heavy atom. The monoisotopic (exact) mass is 514 g/mol. The first kappa shape index (κ1) is 24.2. The zero-order chi connectivity index (χ0) is 24.8. The van der Waals surface area contributed by atoms with E-state index in [0.29, 0.717) is 6.42 Å². The van der Waals surface area contributed by atoms with E-state index in [4.69, 9.17) is 28.9 Å². The van der Waals surface area contributed by atoms with Gasteiger partial charge in [0.1, 0.15) is 5.54 Å². The number of para-hydroxylation sites is 1. The number of rotatable bonds is 5. The number of aromatic nitrogens is 2. The number of hydrogen-bond acceptors (Lipinski definition) is 4. The first-order chi connectivity index (χ1) is 16.0. The summed E-state index contributed by atoms with van der Waals surface area (Å²) in [5.74, 6) is -4.65. The number of primary amides is 1. The summed E-state index contributed by atoms with van der Waals surface area (Å²) in [5.41, 5.74) is 3.74. The van der Waals surface area contributed by atoms with E-state index >= 15 is 0 Å². The third-order valence-electron chi connectivity index (χ3n) is 6.20. The second kappa shape index (κ2) is 8.66. The maximum Gasteiger partial charge on any atom is 0.394 e. The zero-order valence-electron chi connectivity index (χ0n) is 17.5. The van der Waals surface area contributed by atoms with Crippen molar-refractivity contribution in [2.75, 3.05) is 5.32 Å². The molecule has 1 fully saturated rings. The van der Waals surface area contributed by atoms with Crippen molar-refractivity contribution < 1.29 is 27.9 Å².